The van der Waals surface area contributed by atoms with Crippen LogP contribution in [0.5, 0.6) is 17.2 Å². The van der Waals surface area contributed by atoms with E-state index in [1.54, 1.807) is 37.3 Å². The summed E-state index contributed by atoms with van der Waals surface area (Å²) in [6.07, 6.45) is -0.0434. The zero-order valence-electron chi connectivity index (χ0n) is 16.2. The van der Waals surface area contributed by atoms with Gasteiger partial charge in [0.15, 0.2) is 17.6 Å². The number of aryl methyl sites for hydroxylation is 1. The van der Waals surface area contributed by atoms with E-state index in [0.29, 0.717) is 41.7 Å². The van der Waals surface area contributed by atoms with Crippen molar-refractivity contribution in [1.82, 2.24) is 0 Å². The highest BCUT2D eigenvalue weighted by molar-refractivity contribution is 5.94. The normalized spacial score (nSPS) is 13.7. The molecule has 150 valence electrons. The number of nitrogens with one attached hydrogen (secondary N) is 1. The van der Waals surface area contributed by atoms with Crippen molar-refractivity contribution < 1.29 is 23.4 Å². The number of carbonyl (C=O) groups excluding carboxylic acids is 1. The molecule has 0 radical (unpaired) electrons. The van der Waals surface area contributed by atoms with Gasteiger partial charge in [-0.25, -0.2) is 4.79 Å². The van der Waals surface area contributed by atoms with Crippen molar-refractivity contribution in [3.8, 4) is 17.2 Å². The maximum absolute atomic E-state index is 12.5. The van der Waals surface area contributed by atoms with Crippen LogP contribution in [0, 0.1) is 0 Å². The van der Waals surface area contributed by atoms with Gasteiger partial charge in [-0.2, -0.15) is 0 Å². The molecule has 1 N–H and O–H groups in total. The maximum Gasteiger partial charge on any atom is 0.336 e. The second-order valence-corrected chi connectivity index (χ2v) is 6.71. The molecule has 0 fully saturated rings. The van der Waals surface area contributed by atoms with Gasteiger partial charge in [-0.15, -0.1) is 0 Å². The zero-order valence-corrected chi connectivity index (χ0v) is 16.2. The average molecular weight is 395 g/mol. The number of benzene rings is 2. The van der Waals surface area contributed by atoms with E-state index in [0.717, 1.165) is 17.4 Å². The number of ether oxygens (including phenoxy) is 3. The van der Waals surface area contributed by atoms with Gasteiger partial charge in [0.05, 0.1) is 0 Å². The lowest BCUT2D eigenvalue weighted by molar-refractivity contribution is -0.122. The molecule has 7 heteroatoms. The Morgan fingerprint density at radius 3 is 2.69 bits per heavy atom. The molecule has 1 aliphatic heterocycles. The third-order valence-electron chi connectivity index (χ3n) is 4.67. The van der Waals surface area contributed by atoms with E-state index in [9.17, 15) is 9.59 Å². The van der Waals surface area contributed by atoms with Crippen LogP contribution in [0.1, 0.15) is 19.4 Å². The van der Waals surface area contributed by atoms with Gasteiger partial charge in [0, 0.05) is 29.3 Å². The Kier molecular flexibility index (Phi) is 5.12. The predicted octanol–water partition coefficient (Wildman–Crippen LogP) is 3.53. The quantitative estimate of drug-likeness (QED) is 0.665. The topological polar surface area (TPSA) is 87.0 Å². The zero-order chi connectivity index (χ0) is 20.4. The van der Waals surface area contributed by atoms with Crippen LogP contribution < -0.4 is 25.2 Å². The highest BCUT2D eigenvalue weighted by Gasteiger charge is 2.18. The minimum Gasteiger partial charge on any atom is -0.486 e. The molecule has 1 atom stereocenters. The van der Waals surface area contributed by atoms with Crippen LogP contribution in [0.25, 0.3) is 11.0 Å². The molecule has 7 nitrogen and oxygen atoms in total. The third kappa shape index (κ3) is 4.03. The first-order valence-electron chi connectivity index (χ1n) is 9.47. The van der Waals surface area contributed by atoms with Gasteiger partial charge in [-0.3, -0.25) is 4.79 Å². The van der Waals surface area contributed by atoms with Crippen LogP contribution in [-0.2, 0) is 11.2 Å². The number of hydrogen-bond donors (Lipinski definition) is 1. The Morgan fingerprint density at radius 1 is 1.10 bits per heavy atom. The van der Waals surface area contributed by atoms with E-state index in [-0.39, 0.29) is 5.91 Å². The number of hydrogen-bond acceptors (Lipinski definition) is 6. The second kappa shape index (κ2) is 7.87. The number of carbonyl (C=O) groups is 1. The van der Waals surface area contributed by atoms with Gasteiger partial charge in [0.1, 0.15) is 24.5 Å². The van der Waals surface area contributed by atoms with Crippen LogP contribution in [-0.4, -0.2) is 25.2 Å². The summed E-state index contributed by atoms with van der Waals surface area (Å²) in [6.45, 7) is 4.61. The van der Waals surface area contributed by atoms with Crippen molar-refractivity contribution in [2.45, 2.75) is 26.4 Å². The summed E-state index contributed by atoms with van der Waals surface area (Å²) in [5.41, 5.74) is 1.53. The van der Waals surface area contributed by atoms with E-state index in [1.165, 1.54) is 6.07 Å². The minimum atomic E-state index is -0.762. The van der Waals surface area contributed by atoms with E-state index in [4.69, 9.17) is 18.6 Å². The number of amides is 1. The van der Waals surface area contributed by atoms with Crippen LogP contribution >= 0.6 is 0 Å². The summed E-state index contributed by atoms with van der Waals surface area (Å²) in [5, 5.41) is 3.66. The highest BCUT2D eigenvalue weighted by Crippen LogP contribution is 2.32. The molecule has 2 aromatic carbocycles. The standard InChI is InChI=1S/C22H21NO6/c1-3-14-10-21(24)29-19-12-16(5-6-17(14)19)28-13(2)22(25)23-15-4-7-18-20(11-15)27-9-8-26-18/h4-7,10-13H,3,8-9H2,1-2H3,(H,23,25)/t13-/m0/s1. The van der Waals surface area contributed by atoms with E-state index >= 15 is 0 Å². The Bertz CT molecular complexity index is 1120. The molecule has 3 aromatic rings. The van der Waals surface area contributed by atoms with E-state index in [2.05, 4.69) is 5.32 Å². The Labute approximate surface area is 167 Å². The molecule has 2 heterocycles. The first kappa shape index (κ1) is 18.9. The fraction of sp³-hybridized carbons (Fsp3) is 0.273. The lowest BCUT2D eigenvalue weighted by Crippen LogP contribution is -2.30. The van der Waals surface area contributed by atoms with Crippen molar-refractivity contribution in [1.29, 1.82) is 0 Å². The highest BCUT2D eigenvalue weighted by atomic mass is 16.6. The lowest BCUT2D eigenvalue weighted by Gasteiger charge is -2.20. The fourth-order valence-corrected chi connectivity index (χ4v) is 3.20. The molecule has 0 saturated heterocycles. The van der Waals surface area contributed by atoms with Gasteiger partial charge in [0.2, 0.25) is 0 Å². The summed E-state index contributed by atoms with van der Waals surface area (Å²) in [4.78, 5) is 24.2. The van der Waals surface area contributed by atoms with Crippen molar-refractivity contribution in [3.63, 3.8) is 0 Å². The maximum atomic E-state index is 12.5. The number of fused-ring (bicyclic) bond motifs is 2. The molecule has 0 unspecified atom stereocenters. The molecule has 4 rings (SSSR count). The van der Waals surface area contributed by atoms with Crippen LogP contribution in [0.4, 0.5) is 5.69 Å². The molecule has 0 aliphatic carbocycles. The van der Waals surface area contributed by atoms with Gasteiger partial charge in [-0.05, 0) is 43.2 Å². The van der Waals surface area contributed by atoms with Gasteiger partial charge in [0.25, 0.3) is 5.91 Å². The Morgan fingerprint density at radius 2 is 1.90 bits per heavy atom. The van der Waals surface area contributed by atoms with Gasteiger partial charge in [-0.1, -0.05) is 6.92 Å². The number of anilines is 1. The lowest BCUT2D eigenvalue weighted by atomic mass is 10.1. The summed E-state index contributed by atoms with van der Waals surface area (Å²) >= 11 is 0. The molecular formula is C22H21NO6. The molecule has 1 aliphatic rings. The monoisotopic (exact) mass is 395 g/mol. The fourth-order valence-electron chi connectivity index (χ4n) is 3.20. The summed E-state index contributed by atoms with van der Waals surface area (Å²) < 4.78 is 22.0. The minimum absolute atomic E-state index is 0.314. The van der Waals surface area contributed by atoms with Crippen molar-refractivity contribution in [3.05, 3.63) is 58.4 Å². The van der Waals surface area contributed by atoms with Crippen molar-refractivity contribution in [2.75, 3.05) is 18.5 Å². The van der Waals surface area contributed by atoms with Gasteiger partial charge < -0.3 is 23.9 Å². The smallest absolute Gasteiger partial charge is 0.336 e. The second-order valence-electron chi connectivity index (χ2n) is 6.71. The van der Waals surface area contributed by atoms with Crippen molar-refractivity contribution in [2.24, 2.45) is 0 Å². The SMILES string of the molecule is CCc1cc(=O)oc2cc(O[C@@H](C)C(=O)Nc3ccc4c(c3)OCCO4)ccc12. The molecule has 29 heavy (non-hydrogen) atoms. The largest absolute Gasteiger partial charge is 0.486 e. The molecule has 0 spiro atoms. The van der Waals surface area contributed by atoms with E-state index < -0.39 is 11.7 Å². The van der Waals surface area contributed by atoms with Crippen molar-refractivity contribution >= 4 is 22.6 Å². The molecular weight excluding hydrogens is 374 g/mol. The molecule has 1 aromatic heterocycles. The van der Waals surface area contributed by atoms with Crippen LogP contribution in [0.2, 0.25) is 0 Å². The van der Waals surface area contributed by atoms with Crippen LogP contribution in [0.3, 0.4) is 0 Å². The molecule has 0 saturated carbocycles. The molecule has 1 amide bonds. The summed E-state index contributed by atoms with van der Waals surface area (Å²) in [7, 11) is 0. The first-order valence-corrected chi connectivity index (χ1v) is 9.47. The average Bonchev–Trinajstić information content (AvgIpc) is 2.72. The summed E-state index contributed by atoms with van der Waals surface area (Å²) in [6, 6.07) is 11.9. The predicted molar refractivity (Wildman–Crippen MR) is 108 cm³/mol. The summed E-state index contributed by atoms with van der Waals surface area (Å²) in [5.74, 6) is 1.38. The Balaban J connectivity index is 1.48. The van der Waals surface area contributed by atoms with Gasteiger partial charge >= 0.3 is 5.63 Å². The van der Waals surface area contributed by atoms with Crippen LogP contribution in [0.15, 0.2) is 51.7 Å². The third-order valence-corrected chi connectivity index (χ3v) is 4.67. The van der Waals surface area contributed by atoms with E-state index in [1.807, 2.05) is 13.0 Å². The molecule has 0 bridgehead atoms. The Hall–Kier alpha value is -3.48. The number of rotatable bonds is 5. The first-order chi connectivity index (χ1) is 14.0.